The molecule has 0 N–H and O–H groups in total. The number of fused-ring (bicyclic) bond motifs is 1. The van der Waals surface area contributed by atoms with Gasteiger partial charge in [-0.3, -0.25) is 19.4 Å². The van der Waals surface area contributed by atoms with E-state index in [4.69, 9.17) is 11.6 Å². The molecule has 27 heavy (non-hydrogen) atoms. The fourth-order valence-electron chi connectivity index (χ4n) is 3.85. The predicted molar refractivity (Wildman–Crippen MR) is 106 cm³/mol. The Bertz CT molecular complexity index is 865. The fourth-order valence-corrected chi connectivity index (χ4v) is 4.06. The highest BCUT2D eigenvalue weighted by molar-refractivity contribution is 6.34. The molecule has 144 valence electrons. The van der Waals surface area contributed by atoms with Crippen molar-refractivity contribution in [2.45, 2.75) is 38.6 Å². The van der Waals surface area contributed by atoms with Crippen LogP contribution >= 0.6 is 11.6 Å². The highest BCUT2D eigenvalue weighted by atomic mass is 35.5. The second-order valence-corrected chi connectivity index (χ2v) is 8.39. The molecule has 1 fully saturated rings. The molecule has 6 nitrogen and oxygen atoms in total. The smallest absolute Gasteiger partial charge is 0.333 e. The van der Waals surface area contributed by atoms with Gasteiger partial charge in [-0.1, -0.05) is 18.5 Å². The van der Waals surface area contributed by atoms with Crippen LogP contribution in [0.1, 0.15) is 44.2 Å². The number of nitrogens with zero attached hydrogens (tertiary/aromatic N) is 3. The zero-order valence-electron chi connectivity index (χ0n) is 16.5. The van der Waals surface area contributed by atoms with E-state index >= 15 is 0 Å². The van der Waals surface area contributed by atoms with Crippen LogP contribution in [0.25, 0.3) is 6.08 Å². The van der Waals surface area contributed by atoms with Crippen LogP contribution in [0.5, 0.6) is 0 Å². The third kappa shape index (κ3) is 3.02. The molecule has 0 saturated carbocycles. The molecule has 0 bridgehead atoms. The molecule has 0 aliphatic carbocycles. The van der Waals surface area contributed by atoms with E-state index in [0.29, 0.717) is 16.5 Å². The predicted octanol–water partition coefficient (Wildman–Crippen LogP) is 3.50. The number of benzene rings is 1. The highest BCUT2D eigenvalue weighted by Crippen LogP contribution is 2.44. The van der Waals surface area contributed by atoms with Crippen molar-refractivity contribution in [3.63, 3.8) is 0 Å². The highest BCUT2D eigenvalue weighted by Gasteiger charge is 2.38. The zero-order chi connectivity index (χ0) is 20.3. The van der Waals surface area contributed by atoms with E-state index in [1.165, 1.54) is 20.2 Å². The average molecular weight is 390 g/mol. The van der Waals surface area contributed by atoms with Crippen LogP contribution in [0.3, 0.4) is 0 Å². The molecule has 1 aromatic carbocycles. The van der Waals surface area contributed by atoms with Gasteiger partial charge in [-0.05, 0) is 55.5 Å². The second-order valence-electron chi connectivity index (χ2n) is 7.98. The summed E-state index contributed by atoms with van der Waals surface area (Å²) < 4.78 is 0. The Kier molecular flexibility index (Phi) is 4.58. The van der Waals surface area contributed by atoms with Crippen LogP contribution in [0, 0.1) is 0 Å². The van der Waals surface area contributed by atoms with Gasteiger partial charge >= 0.3 is 6.03 Å². The molecule has 2 aliphatic heterocycles. The molecule has 3 rings (SSSR count). The van der Waals surface area contributed by atoms with Crippen molar-refractivity contribution in [3.8, 4) is 0 Å². The summed E-state index contributed by atoms with van der Waals surface area (Å²) >= 11 is 6.50. The van der Waals surface area contributed by atoms with Gasteiger partial charge in [-0.15, -0.1) is 0 Å². The molecule has 1 unspecified atom stereocenters. The third-order valence-electron chi connectivity index (χ3n) is 5.70. The van der Waals surface area contributed by atoms with Crippen molar-refractivity contribution in [1.29, 1.82) is 0 Å². The minimum absolute atomic E-state index is 0.0107. The van der Waals surface area contributed by atoms with Gasteiger partial charge in [0.25, 0.3) is 11.8 Å². The lowest BCUT2D eigenvalue weighted by Gasteiger charge is -2.45. The summed E-state index contributed by atoms with van der Waals surface area (Å²) in [5.41, 5.74) is 2.72. The van der Waals surface area contributed by atoms with Crippen molar-refractivity contribution in [2.24, 2.45) is 0 Å². The SMILES string of the molecule is CC1CC(C)(C)N(C)c2cc(Cl)c(C=C3C(=O)N(C)C(=O)N(C)C3=O)cc21. The maximum Gasteiger partial charge on any atom is 0.333 e. The summed E-state index contributed by atoms with van der Waals surface area (Å²) in [6.07, 6.45) is 2.46. The van der Waals surface area contributed by atoms with Crippen LogP contribution in [0.2, 0.25) is 5.02 Å². The Hall–Kier alpha value is -2.34. The number of urea groups is 1. The third-order valence-corrected chi connectivity index (χ3v) is 6.02. The number of likely N-dealkylation sites (N-methyl/N-ethyl adjacent to an activating group) is 2. The number of carbonyl (C=O) groups is 3. The van der Waals surface area contributed by atoms with Gasteiger partial charge < -0.3 is 4.90 Å². The standard InChI is InChI=1S/C20H24ClN3O3/c1-11-10-20(2,3)24(6)16-9-15(21)12(7-13(11)16)8-14-17(25)22(4)19(27)23(5)18(14)26/h7-9,11H,10H2,1-6H3. The van der Waals surface area contributed by atoms with Crippen LogP contribution in [-0.2, 0) is 9.59 Å². The summed E-state index contributed by atoms with van der Waals surface area (Å²) in [5, 5.41) is 0.459. The van der Waals surface area contributed by atoms with Crippen LogP contribution in [0.4, 0.5) is 10.5 Å². The van der Waals surface area contributed by atoms with Gasteiger partial charge in [0.1, 0.15) is 5.57 Å². The minimum atomic E-state index is -0.642. The van der Waals surface area contributed by atoms with Gasteiger partial charge in [0.15, 0.2) is 0 Å². The Balaban J connectivity index is 2.10. The quantitative estimate of drug-likeness (QED) is 0.545. The van der Waals surface area contributed by atoms with Gasteiger partial charge in [0, 0.05) is 37.4 Å². The molecule has 0 radical (unpaired) electrons. The molecule has 7 heteroatoms. The maximum atomic E-state index is 12.4. The molecule has 0 aromatic heterocycles. The van der Waals surface area contributed by atoms with Crippen molar-refractivity contribution >= 4 is 41.2 Å². The number of rotatable bonds is 1. The Labute approximate surface area is 164 Å². The van der Waals surface area contributed by atoms with Crippen molar-refractivity contribution in [2.75, 3.05) is 26.0 Å². The zero-order valence-corrected chi connectivity index (χ0v) is 17.2. The van der Waals surface area contributed by atoms with Crippen LogP contribution in [0.15, 0.2) is 17.7 Å². The Morgan fingerprint density at radius 2 is 1.63 bits per heavy atom. The molecule has 1 saturated heterocycles. The lowest BCUT2D eigenvalue weighted by atomic mass is 9.80. The lowest BCUT2D eigenvalue weighted by molar-refractivity contribution is -0.134. The first-order chi connectivity index (χ1) is 12.5. The molecular weight excluding hydrogens is 366 g/mol. The first-order valence-electron chi connectivity index (χ1n) is 8.84. The molecule has 4 amide bonds. The van der Waals surface area contributed by atoms with E-state index in [-0.39, 0.29) is 11.1 Å². The Morgan fingerprint density at radius 1 is 1.07 bits per heavy atom. The van der Waals surface area contributed by atoms with Crippen molar-refractivity contribution in [3.05, 3.63) is 33.9 Å². The first-order valence-corrected chi connectivity index (χ1v) is 9.22. The molecular formula is C20H24ClN3O3. The topological polar surface area (TPSA) is 60.9 Å². The Morgan fingerprint density at radius 3 is 2.19 bits per heavy atom. The molecule has 2 heterocycles. The average Bonchev–Trinajstić information content (AvgIpc) is 2.60. The largest absolute Gasteiger partial charge is 0.369 e. The summed E-state index contributed by atoms with van der Waals surface area (Å²) in [7, 11) is 4.76. The lowest BCUT2D eigenvalue weighted by Crippen LogP contribution is -2.52. The number of imide groups is 2. The number of hydrogen-bond acceptors (Lipinski definition) is 4. The normalized spacial score (nSPS) is 22.3. The molecule has 1 aromatic rings. The molecule has 0 spiro atoms. The number of hydrogen-bond donors (Lipinski definition) is 0. The number of amides is 4. The number of anilines is 1. The van der Waals surface area contributed by atoms with E-state index < -0.39 is 17.8 Å². The monoisotopic (exact) mass is 389 g/mol. The van der Waals surface area contributed by atoms with Crippen LogP contribution in [-0.4, -0.2) is 54.3 Å². The van der Waals surface area contributed by atoms with Gasteiger partial charge in [0.2, 0.25) is 0 Å². The van der Waals surface area contributed by atoms with E-state index in [2.05, 4.69) is 25.7 Å². The summed E-state index contributed by atoms with van der Waals surface area (Å²) in [6.45, 7) is 6.55. The number of halogens is 1. The molecule has 2 aliphatic rings. The summed E-state index contributed by atoms with van der Waals surface area (Å²) in [4.78, 5) is 40.8. The van der Waals surface area contributed by atoms with Gasteiger partial charge in [-0.25, -0.2) is 4.79 Å². The van der Waals surface area contributed by atoms with E-state index in [0.717, 1.165) is 27.5 Å². The van der Waals surface area contributed by atoms with E-state index in [1.54, 1.807) is 0 Å². The van der Waals surface area contributed by atoms with E-state index in [9.17, 15) is 14.4 Å². The minimum Gasteiger partial charge on any atom is -0.369 e. The maximum absolute atomic E-state index is 12.4. The van der Waals surface area contributed by atoms with Gasteiger partial charge in [-0.2, -0.15) is 0 Å². The second kappa shape index (κ2) is 6.37. The van der Waals surface area contributed by atoms with Crippen molar-refractivity contribution < 1.29 is 14.4 Å². The molecule has 1 atom stereocenters. The summed E-state index contributed by atoms with van der Waals surface area (Å²) in [5.74, 6) is -0.934. The van der Waals surface area contributed by atoms with Crippen molar-refractivity contribution in [1.82, 2.24) is 9.80 Å². The first kappa shape index (κ1) is 19.4. The van der Waals surface area contributed by atoms with Crippen LogP contribution < -0.4 is 4.90 Å². The van der Waals surface area contributed by atoms with E-state index in [1.807, 2.05) is 19.2 Å². The summed E-state index contributed by atoms with van der Waals surface area (Å²) in [6, 6.07) is 3.19. The van der Waals surface area contributed by atoms with Gasteiger partial charge in [0.05, 0.1) is 0 Å². The number of barbiturate groups is 1. The number of carbonyl (C=O) groups excluding carboxylic acids is 3. The fraction of sp³-hybridized carbons (Fsp3) is 0.450.